The summed E-state index contributed by atoms with van der Waals surface area (Å²) in [6.07, 6.45) is -3.02. The van der Waals surface area contributed by atoms with Gasteiger partial charge < -0.3 is 20.6 Å². The summed E-state index contributed by atoms with van der Waals surface area (Å²) in [5, 5.41) is 15.1. The molecule has 0 saturated carbocycles. The first-order chi connectivity index (χ1) is 17.2. The van der Waals surface area contributed by atoms with Gasteiger partial charge in [0.15, 0.2) is 0 Å². The van der Waals surface area contributed by atoms with E-state index >= 15 is 0 Å². The number of amides is 2. The lowest BCUT2D eigenvalue weighted by Crippen LogP contribution is -2.61. The van der Waals surface area contributed by atoms with Gasteiger partial charge in [-0.15, -0.1) is 0 Å². The van der Waals surface area contributed by atoms with Crippen molar-refractivity contribution in [3.63, 3.8) is 0 Å². The Hall–Kier alpha value is -2.88. The average Bonchev–Trinajstić information content (AvgIpc) is 2.78. The van der Waals surface area contributed by atoms with Crippen LogP contribution < -0.4 is 10.6 Å². The number of aliphatic carboxylic acids is 1. The number of carbonyl (C=O) groups is 3. The molecular formula is C28H42F3N3O4. The van der Waals surface area contributed by atoms with Crippen molar-refractivity contribution in [2.75, 3.05) is 14.1 Å². The molecule has 214 valence electrons. The number of halogens is 3. The van der Waals surface area contributed by atoms with Gasteiger partial charge in [-0.1, -0.05) is 72.7 Å². The van der Waals surface area contributed by atoms with E-state index in [1.54, 1.807) is 41.7 Å². The zero-order chi connectivity index (χ0) is 29.8. The molecule has 1 rings (SSSR count). The van der Waals surface area contributed by atoms with Crippen molar-refractivity contribution >= 4 is 17.8 Å². The van der Waals surface area contributed by atoms with Gasteiger partial charge in [-0.05, 0) is 36.9 Å². The van der Waals surface area contributed by atoms with Gasteiger partial charge >= 0.3 is 12.1 Å². The zero-order valence-electron chi connectivity index (χ0n) is 23.9. The predicted octanol–water partition coefficient (Wildman–Crippen LogP) is 4.62. The molecule has 3 N–H and O–H groups in total. The molecule has 0 spiro atoms. The number of nitrogens with zero attached hydrogens (tertiary/aromatic N) is 1. The van der Waals surface area contributed by atoms with Gasteiger partial charge in [0, 0.05) is 18.0 Å². The fraction of sp³-hybridized carbons (Fsp3) is 0.607. The van der Waals surface area contributed by atoms with Crippen LogP contribution in [0.1, 0.15) is 66.5 Å². The van der Waals surface area contributed by atoms with Crippen molar-refractivity contribution in [1.29, 1.82) is 0 Å². The maximum Gasteiger partial charge on any atom is 0.416 e. The standard InChI is InChI=1S/C28H42F3N3O4/c1-16(2)20(14-17(3)25(37)38)34(10)24(36)22(26(4,5)6)33-23(35)21(32-9)27(7,8)18-12-11-13-19(15-18)28(29,30)31/h11-16,20-22,32H,1-10H3,(H,33,35)(H,37,38)/t20-,21+,22-/m1/s1. The largest absolute Gasteiger partial charge is 0.478 e. The summed E-state index contributed by atoms with van der Waals surface area (Å²) in [6, 6.07) is 2.35. The number of rotatable bonds is 10. The second-order valence-electron chi connectivity index (χ2n) is 11.7. The van der Waals surface area contributed by atoms with E-state index in [2.05, 4.69) is 10.6 Å². The van der Waals surface area contributed by atoms with Crippen LogP contribution in [0.5, 0.6) is 0 Å². The van der Waals surface area contributed by atoms with Gasteiger partial charge in [0.05, 0.1) is 17.6 Å². The van der Waals surface area contributed by atoms with Crippen molar-refractivity contribution in [1.82, 2.24) is 15.5 Å². The minimum Gasteiger partial charge on any atom is -0.478 e. The third kappa shape index (κ3) is 8.06. The number of nitrogens with one attached hydrogen (secondary N) is 2. The number of alkyl halides is 3. The summed E-state index contributed by atoms with van der Waals surface area (Å²) in [5.41, 5.74) is -2.21. The Bertz CT molecular complexity index is 1040. The summed E-state index contributed by atoms with van der Waals surface area (Å²) in [4.78, 5) is 40.1. The normalized spacial score (nSPS) is 15.6. The van der Waals surface area contributed by atoms with Gasteiger partial charge in [0.2, 0.25) is 11.8 Å². The fourth-order valence-corrected chi connectivity index (χ4v) is 4.39. The van der Waals surface area contributed by atoms with Gasteiger partial charge in [0.25, 0.3) is 0 Å². The summed E-state index contributed by atoms with van der Waals surface area (Å²) in [7, 11) is 3.10. The highest BCUT2D eigenvalue weighted by atomic mass is 19.4. The highest BCUT2D eigenvalue weighted by molar-refractivity contribution is 5.91. The van der Waals surface area contributed by atoms with Crippen LogP contribution in [0, 0.1) is 11.3 Å². The number of hydrogen-bond donors (Lipinski definition) is 3. The number of carbonyl (C=O) groups excluding carboxylic acids is 2. The van der Waals surface area contributed by atoms with Crippen molar-refractivity contribution in [3.05, 3.63) is 47.0 Å². The minimum absolute atomic E-state index is 0.0952. The van der Waals surface area contributed by atoms with Crippen LogP contribution in [0.2, 0.25) is 0 Å². The number of hydrogen-bond acceptors (Lipinski definition) is 4. The molecule has 0 radical (unpaired) electrons. The second kappa shape index (κ2) is 12.3. The van der Waals surface area contributed by atoms with Gasteiger partial charge in [-0.2, -0.15) is 13.2 Å². The quantitative estimate of drug-likeness (QED) is 0.376. The van der Waals surface area contributed by atoms with Crippen LogP contribution in [0.3, 0.4) is 0 Å². The third-order valence-corrected chi connectivity index (χ3v) is 6.84. The van der Waals surface area contributed by atoms with E-state index in [-0.39, 0.29) is 11.5 Å². The van der Waals surface area contributed by atoms with Crippen molar-refractivity contribution < 1.29 is 32.7 Å². The first-order valence-corrected chi connectivity index (χ1v) is 12.5. The summed E-state index contributed by atoms with van der Waals surface area (Å²) >= 11 is 0. The van der Waals surface area contributed by atoms with E-state index in [4.69, 9.17) is 0 Å². The Balaban J connectivity index is 3.39. The maximum absolute atomic E-state index is 13.7. The maximum atomic E-state index is 13.7. The topological polar surface area (TPSA) is 98.7 Å². The Labute approximate surface area is 223 Å². The lowest BCUT2D eigenvalue weighted by molar-refractivity contribution is -0.141. The fourth-order valence-electron chi connectivity index (χ4n) is 4.39. The van der Waals surface area contributed by atoms with Crippen molar-refractivity contribution in [2.24, 2.45) is 11.3 Å². The highest BCUT2D eigenvalue weighted by Gasteiger charge is 2.42. The molecule has 2 amide bonds. The molecule has 1 aromatic carbocycles. The minimum atomic E-state index is -4.53. The van der Waals surface area contributed by atoms with E-state index < -0.39 is 58.5 Å². The molecule has 0 aliphatic heterocycles. The first kappa shape index (κ1) is 33.1. The summed E-state index contributed by atoms with van der Waals surface area (Å²) < 4.78 is 40.0. The Morgan fingerprint density at radius 2 is 1.53 bits per heavy atom. The van der Waals surface area contributed by atoms with Crippen LogP contribution >= 0.6 is 0 Å². The number of carboxylic acids is 1. The van der Waals surface area contributed by atoms with Gasteiger partial charge in [-0.25, -0.2) is 4.79 Å². The van der Waals surface area contributed by atoms with E-state index in [0.717, 1.165) is 12.1 Å². The molecular weight excluding hydrogens is 499 g/mol. The van der Waals surface area contributed by atoms with Crippen LogP contribution in [-0.2, 0) is 26.0 Å². The van der Waals surface area contributed by atoms with Crippen molar-refractivity contribution in [2.45, 2.75) is 85.1 Å². The molecule has 38 heavy (non-hydrogen) atoms. The molecule has 0 fully saturated rings. The molecule has 0 aromatic heterocycles. The molecule has 0 bridgehead atoms. The van der Waals surface area contributed by atoms with Crippen LogP contribution in [0.25, 0.3) is 0 Å². The molecule has 0 heterocycles. The Morgan fingerprint density at radius 1 is 1.00 bits per heavy atom. The molecule has 10 heteroatoms. The van der Waals surface area contributed by atoms with Crippen LogP contribution in [0.15, 0.2) is 35.9 Å². The molecule has 7 nitrogen and oxygen atoms in total. The molecule has 0 aliphatic carbocycles. The lowest BCUT2D eigenvalue weighted by Gasteiger charge is -2.40. The third-order valence-electron chi connectivity index (χ3n) is 6.84. The van der Waals surface area contributed by atoms with Crippen LogP contribution in [0.4, 0.5) is 13.2 Å². The van der Waals surface area contributed by atoms with E-state index in [9.17, 15) is 32.7 Å². The number of carboxylic acid groups (broad SMARTS) is 1. The van der Waals surface area contributed by atoms with Gasteiger partial charge in [-0.3, -0.25) is 9.59 Å². The average molecular weight is 542 g/mol. The highest BCUT2D eigenvalue weighted by Crippen LogP contribution is 2.34. The van der Waals surface area contributed by atoms with Crippen LogP contribution in [-0.4, -0.2) is 60.0 Å². The van der Waals surface area contributed by atoms with E-state index in [1.165, 1.54) is 37.1 Å². The molecule has 0 unspecified atom stereocenters. The SMILES string of the molecule is CN[C@@H](C(=O)N[C@H](C(=O)N(C)[C@H](C=C(C)C(=O)O)C(C)C)C(C)(C)C)C(C)(C)c1cccc(C(F)(F)F)c1. The number of likely N-dealkylation sites (N-methyl/N-ethyl adjacent to an activating group) is 2. The summed E-state index contributed by atoms with van der Waals surface area (Å²) in [5.74, 6) is -2.16. The van der Waals surface area contributed by atoms with E-state index in [1.807, 2.05) is 13.8 Å². The molecule has 0 saturated heterocycles. The predicted molar refractivity (Wildman–Crippen MR) is 141 cm³/mol. The van der Waals surface area contributed by atoms with E-state index in [0.29, 0.717) is 5.56 Å². The lowest BCUT2D eigenvalue weighted by atomic mass is 9.76. The van der Waals surface area contributed by atoms with Crippen molar-refractivity contribution in [3.8, 4) is 0 Å². The monoisotopic (exact) mass is 541 g/mol. The molecule has 3 atom stereocenters. The van der Waals surface area contributed by atoms with Gasteiger partial charge in [0.1, 0.15) is 6.04 Å². The smallest absolute Gasteiger partial charge is 0.416 e. The molecule has 0 aliphatic rings. The Kier molecular flexibility index (Phi) is 10.7. The number of benzene rings is 1. The first-order valence-electron chi connectivity index (χ1n) is 12.5. The zero-order valence-corrected chi connectivity index (χ0v) is 23.9. The summed E-state index contributed by atoms with van der Waals surface area (Å²) in [6.45, 7) is 13.9. The molecule has 1 aromatic rings. The second-order valence-corrected chi connectivity index (χ2v) is 11.7. The Morgan fingerprint density at radius 3 is 1.95 bits per heavy atom.